The van der Waals surface area contributed by atoms with Crippen LogP contribution < -0.4 is 0 Å². The van der Waals surface area contributed by atoms with Crippen molar-refractivity contribution in [3.63, 3.8) is 0 Å². The molecule has 0 amide bonds. The highest BCUT2D eigenvalue weighted by Crippen LogP contribution is 2.30. The molecule has 0 aliphatic carbocycles. The molecule has 0 saturated carbocycles. The van der Waals surface area contributed by atoms with E-state index in [4.69, 9.17) is 11.6 Å². The highest BCUT2D eigenvalue weighted by molar-refractivity contribution is 7.88. The molecule has 1 saturated heterocycles. The molecule has 1 heterocycles. The van der Waals surface area contributed by atoms with E-state index in [-0.39, 0.29) is 12.5 Å². The van der Waals surface area contributed by atoms with Gasteiger partial charge in [0, 0.05) is 30.6 Å². The average Bonchev–Trinajstić information content (AvgIpc) is 2.45. The lowest BCUT2D eigenvalue weighted by Gasteiger charge is -2.32. The van der Waals surface area contributed by atoms with Crippen molar-refractivity contribution in [1.82, 2.24) is 4.31 Å². The van der Waals surface area contributed by atoms with Crippen LogP contribution in [0, 0.1) is 5.92 Å². The summed E-state index contributed by atoms with van der Waals surface area (Å²) in [5.74, 6) is 0.327. The maximum absolute atomic E-state index is 11.7. The molecule has 1 N–H and O–H groups in total. The van der Waals surface area contributed by atoms with Crippen LogP contribution in [-0.2, 0) is 10.0 Å². The Labute approximate surface area is 131 Å². The predicted octanol–water partition coefficient (Wildman–Crippen LogP) is 2.48. The monoisotopic (exact) mass is 331 g/mol. The lowest BCUT2D eigenvalue weighted by Crippen LogP contribution is -2.39. The number of aliphatic hydroxyl groups is 1. The van der Waals surface area contributed by atoms with Crippen molar-refractivity contribution >= 4 is 21.6 Å². The summed E-state index contributed by atoms with van der Waals surface area (Å²) in [6.07, 6.45) is 3.95. The first-order chi connectivity index (χ1) is 9.90. The summed E-state index contributed by atoms with van der Waals surface area (Å²) in [5.41, 5.74) is 1.05. The standard InChI is InChI=1S/C15H22ClNO3S/c1-21(19,20)17-8-2-3-12(10-17)9-14(11-18)13-4-6-15(16)7-5-13/h4-7,12,14,18H,2-3,8-11H2,1H3. The van der Waals surface area contributed by atoms with E-state index in [2.05, 4.69) is 0 Å². The molecule has 0 spiro atoms. The van der Waals surface area contributed by atoms with Crippen molar-refractivity contribution < 1.29 is 13.5 Å². The Morgan fingerprint density at radius 3 is 2.62 bits per heavy atom. The molecule has 2 atom stereocenters. The molecular formula is C15H22ClNO3S. The third kappa shape index (κ3) is 4.68. The molecule has 0 radical (unpaired) electrons. The molecule has 1 aromatic carbocycles. The smallest absolute Gasteiger partial charge is 0.211 e. The molecule has 118 valence electrons. The van der Waals surface area contributed by atoms with Gasteiger partial charge in [-0.25, -0.2) is 12.7 Å². The molecule has 6 heteroatoms. The fourth-order valence-corrected chi connectivity index (χ4v) is 4.04. The van der Waals surface area contributed by atoms with Crippen LogP contribution in [0.3, 0.4) is 0 Å². The molecule has 1 fully saturated rings. The maximum atomic E-state index is 11.7. The summed E-state index contributed by atoms with van der Waals surface area (Å²) in [6, 6.07) is 7.51. The van der Waals surface area contributed by atoms with Crippen molar-refractivity contribution in [3.8, 4) is 0 Å². The summed E-state index contributed by atoms with van der Waals surface area (Å²) in [4.78, 5) is 0. The van der Waals surface area contributed by atoms with E-state index in [1.165, 1.54) is 6.26 Å². The van der Waals surface area contributed by atoms with E-state index in [9.17, 15) is 13.5 Å². The topological polar surface area (TPSA) is 57.6 Å². The molecule has 0 bridgehead atoms. The van der Waals surface area contributed by atoms with Gasteiger partial charge >= 0.3 is 0 Å². The average molecular weight is 332 g/mol. The van der Waals surface area contributed by atoms with E-state index in [1.54, 1.807) is 4.31 Å². The summed E-state index contributed by atoms with van der Waals surface area (Å²) < 4.78 is 24.9. The van der Waals surface area contributed by atoms with Gasteiger partial charge in [0.2, 0.25) is 10.0 Å². The molecule has 1 aliphatic heterocycles. The third-order valence-electron chi connectivity index (χ3n) is 4.13. The Bertz CT molecular complexity index is 559. The van der Waals surface area contributed by atoms with Gasteiger partial charge in [-0.2, -0.15) is 0 Å². The molecule has 4 nitrogen and oxygen atoms in total. The highest BCUT2D eigenvalue weighted by Gasteiger charge is 2.27. The van der Waals surface area contributed by atoms with Crippen LogP contribution in [0.2, 0.25) is 5.02 Å². The minimum Gasteiger partial charge on any atom is -0.396 e. The number of benzene rings is 1. The Balaban J connectivity index is 2.03. The first-order valence-corrected chi connectivity index (χ1v) is 9.44. The number of piperidine rings is 1. The summed E-state index contributed by atoms with van der Waals surface area (Å²) in [7, 11) is -3.12. The Morgan fingerprint density at radius 1 is 1.38 bits per heavy atom. The predicted molar refractivity (Wildman–Crippen MR) is 85.0 cm³/mol. The van der Waals surface area contributed by atoms with Crippen LogP contribution in [0.25, 0.3) is 0 Å². The van der Waals surface area contributed by atoms with Gasteiger partial charge in [-0.05, 0) is 42.9 Å². The lowest BCUT2D eigenvalue weighted by atomic mass is 9.85. The number of sulfonamides is 1. The van der Waals surface area contributed by atoms with E-state index in [0.717, 1.165) is 24.8 Å². The summed E-state index contributed by atoms with van der Waals surface area (Å²) in [5, 5.41) is 10.3. The van der Waals surface area contributed by atoms with Gasteiger partial charge in [-0.1, -0.05) is 23.7 Å². The van der Waals surface area contributed by atoms with Gasteiger partial charge in [0.15, 0.2) is 0 Å². The quantitative estimate of drug-likeness (QED) is 0.901. The van der Waals surface area contributed by atoms with Crippen LogP contribution in [0.4, 0.5) is 0 Å². The normalized spacial score (nSPS) is 22.1. The van der Waals surface area contributed by atoms with E-state index in [0.29, 0.717) is 24.0 Å². The third-order valence-corrected chi connectivity index (χ3v) is 5.65. The van der Waals surface area contributed by atoms with Gasteiger partial charge in [0.1, 0.15) is 0 Å². The molecule has 0 aromatic heterocycles. The minimum atomic E-state index is -3.12. The van der Waals surface area contributed by atoms with Gasteiger partial charge < -0.3 is 5.11 Å². The maximum Gasteiger partial charge on any atom is 0.211 e. The van der Waals surface area contributed by atoms with E-state index < -0.39 is 10.0 Å². The zero-order valence-electron chi connectivity index (χ0n) is 12.2. The minimum absolute atomic E-state index is 0.0341. The Morgan fingerprint density at radius 2 is 2.05 bits per heavy atom. The fraction of sp³-hybridized carbons (Fsp3) is 0.600. The van der Waals surface area contributed by atoms with Gasteiger partial charge in [-0.3, -0.25) is 0 Å². The second-order valence-electron chi connectivity index (χ2n) is 5.80. The SMILES string of the molecule is CS(=O)(=O)N1CCCC(CC(CO)c2ccc(Cl)cc2)C1. The Kier molecular flexibility index (Phi) is 5.66. The first kappa shape index (κ1) is 16.7. The molecule has 1 aliphatic rings. The van der Waals surface area contributed by atoms with Crippen molar-refractivity contribution in [2.24, 2.45) is 5.92 Å². The number of aliphatic hydroxyl groups excluding tert-OH is 1. The van der Waals surface area contributed by atoms with E-state index in [1.807, 2.05) is 24.3 Å². The number of halogens is 1. The second-order valence-corrected chi connectivity index (χ2v) is 8.21. The van der Waals surface area contributed by atoms with E-state index >= 15 is 0 Å². The van der Waals surface area contributed by atoms with Crippen LogP contribution in [0.1, 0.15) is 30.7 Å². The molecular weight excluding hydrogens is 310 g/mol. The summed E-state index contributed by atoms with van der Waals surface area (Å²) in [6.45, 7) is 1.24. The number of hydrogen-bond donors (Lipinski definition) is 1. The Hall–Kier alpha value is -0.620. The first-order valence-electron chi connectivity index (χ1n) is 7.21. The number of hydrogen-bond acceptors (Lipinski definition) is 3. The van der Waals surface area contributed by atoms with Crippen molar-refractivity contribution in [3.05, 3.63) is 34.9 Å². The number of nitrogens with zero attached hydrogens (tertiary/aromatic N) is 1. The molecule has 2 rings (SSSR count). The van der Waals surface area contributed by atoms with Crippen molar-refractivity contribution in [2.75, 3.05) is 26.0 Å². The largest absolute Gasteiger partial charge is 0.396 e. The highest BCUT2D eigenvalue weighted by atomic mass is 35.5. The molecule has 1 aromatic rings. The van der Waals surface area contributed by atoms with Gasteiger partial charge in [0.05, 0.1) is 6.26 Å². The van der Waals surface area contributed by atoms with Crippen LogP contribution in [0.15, 0.2) is 24.3 Å². The fourth-order valence-electron chi connectivity index (χ4n) is 2.97. The van der Waals surface area contributed by atoms with Crippen LogP contribution in [0.5, 0.6) is 0 Å². The van der Waals surface area contributed by atoms with Gasteiger partial charge in [0.25, 0.3) is 0 Å². The van der Waals surface area contributed by atoms with Crippen LogP contribution in [-0.4, -0.2) is 43.8 Å². The molecule has 21 heavy (non-hydrogen) atoms. The van der Waals surface area contributed by atoms with Crippen molar-refractivity contribution in [2.45, 2.75) is 25.2 Å². The van der Waals surface area contributed by atoms with Crippen LogP contribution >= 0.6 is 11.6 Å². The van der Waals surface area contributed by atoms with Crippen molar-refractivity contribution in [1.29, 1.82) is 0 Å². The zero-order valence-corrected chi connectivity index (χ0v) is 13.8. The lowest BCUT2D eigenvalue weighted by molar-refractivity contribution is 0.206. The van der Waals surface area contributed by atoms with Gasteiger partial charge in [-0.15, -0.1) is 0 Å². The second kappa shape index (κ2) is 7.09. The molecule has 2 unspecified atom stereocenters. The summed E-state index contributed by atoms with van der Waals surface area (Å²) >= 11 is 5.88. The number of rotatable bonds is 5. The zero-order chi connectivity index (χ0) is 15.5.